The Morgan fingerprint density at radius 3 is 2.52 bits per heavy atom. The van der Waals surface area contributed by atoms with Crippen LogP contribution in [0.5, 0.6) is 0 Å². The van der Waals surface area contributed by atoms with Crippen LogP contribution < -0.4 is 0 Å². The average Bonchev–Trinajstić information content (AvgIpc) is 2.99. The summed E-state index contributed by atoms with van der Waals surface area (Å²) in [4.78, 5) is 19.8. The number of hydrogen-bond acceptors (Lipinski definition) is 5. The van der Waals surface area contributed by atoms with Crippen molar-refractivity contribution >= 4 is 23.2 Å². The summed E-state index contributed by atoms with van der Waals surface area (Å²) in [6.45, 7) is 1.81. The summed E-state index contributed by atoms with van der Waals surface area (Å²) < 4.78 is 43.9. The Kier molecular flexibility index (Phi) is 4.34. The summed E-state index contributed by atoms with van der Waals surface area (Å²) in [6, 6.07) is 5.91. The van der Waals surface area contributed by atoms with Crippen molar-refractivity contribution < 1.29 is 22.7 Å². The molecule has 3 rings (SSSR count). The lowest BCUT2D eigenvalue weighted by Crippen LogP contribution is -2.07. The summed E-state index contributed by atoms with van der Waals surface area (Å²) in [7, 11) is 0. The standard InChI is InChI=1S/C15H10ClF3N4O2/c1-2-25-13(24)12-21-11-7-10(20-14(16)23(11)22-12)8-3-5-9(6-4-8)15(17,18)19/h3-7H,2H2,1H3. The largest absolute Gasteiger partial charge is 0.460 e. The van der Waals surface area contributed by atoms with Crippen LogP contribution in [0.1, 0.15) is 23.1 Å². The van der Waals surface area contributed by atoms with Crippen molar-refractivity contribution in [3.63, 3.8) is 0 Å². The van der Waals surface area contributed by atoms with Gasteiger partial charge in [0.2, 0.25) is 5.28 Å². The van der Waals surface area contributed by atoms with Gasteiger partial charge in [-0.3, -0.25) is 0 Å². The first-order valence-electron chi connectivity index (χ1n) is 7.07. The molecule has 0 aliphatic carbocycles. The van der Waals surface area contributed by atoms with Gasteiger partial charge in [0.05, 0.1) is 17.9 Å². The van der Waals surface area contributed by atoms with E-state index in [1.165, 1.54) is 18.2 Å². The smallest absolute Gasteiger partial charge is 0.416 e. The molecule has 0 radical (unpaired) electrons. The molecule has 0 saturated carbocycles. The maximum atomic E-state index is 12.6. The lowest BCUT2D eigenvalue weighted by Gasteiger charge is -2.07. The Labute approximate surface area is 144 Å². The van der Waals surface area contributed by atoms with Crippen LogP contribution in [0.25, 0.3) is 16.9 Å². The van der Waals surface area contributed by atoms with E-state index in [2.05, 4.69) is 15.1 Å². The van der Waals surface area contributed by atoms with E-state index < -0.39 is 17.7 Å². The molecule has 0 amide bonds. The normalized spacial score (nSPS) is 11.7. The van der Waals surface area contributed by atoms with Crippen LogP contribution in [0.2, 0.25) is 5.28 Å². The number of hydrogen-bond donors (Lipinski definition) is 0. The Balaban J connectivity index is 2.01. The SMILES string of the molecule is CCOC(=O)c1nc2cc(-c3ccc(C(F)(F)F)cc3)nc(Cl)n2n1. The van der Waals surface area contributed by atoms with E-state index in [1.807, 2.05) is 0 Å². The molecule has 10 heteroatoms. The van der Waals surface area contributed by atoms with Crippen molar-refractivity contribution in [2.45, 2.75) is 13.1 Å². The molecule has 1 aromatic carbocycles. The quantitative estimate of drug-likeness (QED) is 0.520. The molecule has 0 saturated heterocycles. The van der Waals surface area contributed by atoms with Crippen molar-refractivity contribution in [2.75, 3.05) is 6.61 Å². The fourth-order valence-corrected chi connectivity index (χ4v) is 2.33. The number of benzene rings is 1. The van der Waals surface area contributed by atoms with Crippen LogP contribution in [-0.2, 0) is 10.9 Å². The van der Waals surface area contributed by atoms with Crippen LogP contribution in [0.15, 0.2) is 30.3 Å². The molecule has 25 heavy (non-hydrogen) atoms. The number of alkyl halides is 3. The van der Waals surface area contributed by atoms with Gasteiger partial charge < -0.3 is 4.74 Å². The molecule has 6 nitrogen and oxygen atoms in total. The van der Waals surface area contributed by atoms with Gasteiger partial charge in [-0.05, 0) is 30.7 Å². The van der Waals surface area contributed by atoms with E-state index in [1.54, 1.807) is 6.92 Å². The Hall–Kier alpha value is -2.68. The third-order valence-electron chi connectivity index (χ3n) is 3.25. The highest BCUT2D eigenvalue weighted by Crippen LogP contribution is 2.31. The molecule has 0 aliphatic rings. The predicted molar refractivity (Wildman–Crippen MR) is 82.2 cm³/mol. The summed E-state index contributed by atoms with van der Waals surface area (Å²) in [5.41, 5.74) is 0.167. The maximum absolute atomic E-state index is 12.6. The second kappa shape index (κ2) is 6.32. The zero-order valence-corrected chi connectivity index (χ0v) is 13.5. The van der Waals surface area contributed by atoms with Crippen LogP contribution >= 0.6 is 11.6 Å². The summed E-state index contributed by atoms with van der Waals surface area (Å²) in [5, 5.41) is 3.81. The summed E-state index contributed by atoms with van der Waals surface area (Å²) >= 11 is 6.03. The third-order valence-corrected chi connectivity index (χ3v) is 3.50. The Bertz CT molecular complexity index is 938. The van der Waals surface area contributed by atoms with Gasteiger partial charge in [-0.1, -0.05) is 12.1 Å². The van der Waals surface area contributed by atoms with E-state index in [0.717, 1.165) is 16.6 Å². The van der Waals surface area contributed by atoms with Gasteiger partial charge in [-0.2, -0.15) is 17.7 Å². The van der Waals surface area contributed by atoms with Crippen LogP contribution in [0.4, 0.5) is 13.2 Å². The lowest BCUT2D eigenvalue weighted by atomic mass is 10.1. The fraction of sp³-hybridized carbons (Fsp3) is 0.200. The van der Waals surface area contributed by atoms with Gasteiger partial charge in [-0.25, -0.2) is 14.8 Å². The molecule has 0 N–H and O–H groups in total. The summed E-state index contributed by atoms with van der Waals surface area (Å²) in [6.07, 6.45) is -4.42. The molecule has 0 atom stereocenters. The number of nitrogens with zero attached hydrogens (tertiary/aromatic N) is 4. The zero-order valence-electron chi connectivity index (χ0n) is 12.7. The van der Waals surface area contributed by atoms with Gasteiger partial charge in [0.25, 0.3) is 5.82 Å². The van der Waals surface area contributed by atoms with E-state index in [-0.39, 0.29) is 23.4 Å². The fourth-order valence-electron chi connectivity index (χ4n) is 2.11. The van der Waals surface area contributed by atoms with Crippen molar-refractivity contribution in [1.29, 1.82) is 0 Å². The minimum atomic E-state index is -4.42. The van der Waals surface area contributed by atoms with Gasteiger partial charge in [-0.15, -0.1) is 5.10 Å². The van der Waals surface area contributed by atoms with E-state index in [0.29, 0.717) is 11.3 Å². The van der Waals surface area contributed by atoms with Crippen LogP contribution in [0, 0.1) is 0 Å². The number of aromatic nitrogens is 4. The lowest BCUT2D eigenvalue weighted by molar-refractivity contribution is -0.137. The molecule has 2 aromatic heterocycles. The van der Waals surface area contributed by atoms with E-state index in [4.69, 9.17) is 16.3 Å². The van der Waals surface area contributed by atoms with Gasteiger partial charge in [0, 0.05) is 11.6 Å². The molecular formula is C15H10ClF3N4O2. The highest BCUT2D eigenvalue weighted by molar-refractivity contribution is 6.28. The topological polar surface area (TPSA) is 69.4 Å². The van der Waals surface area contributed by atoms with E-state index >= 15 is 0 Å². The second-order valence-corrected chi connectivity index (χ2v) is 5.25. The second-order valence-electron chi connectivity index (χ2n) is 4.91. The molecule has 0 unspecified atom stereocenters. The predicted octanol–water partition coefficient (Wildman–Crippen LogP) is 3.64. The van der Waals surface area contributed by atoms with E-state index in [9.17, 15) is 18.0 Å². The Morgan fingerprint density at radius 2 is 1.92 bits per heavy atom. The highest BCUT2D eigenvalue weighted by atomic mass is 35.5. The van der Waals surface area contributed by atoms with Crippen molar-refractivity contribution in [3.8, 4) is 11.3 Å². The first kappa shape index (κ1) is 17.2. The molecule has 3 aromatic rings. The minimum absolute atomic E-state index is 0.0875. The average molecular weight is 371 g/mol. The van der Waals surface area contributed by atoms with Gasteiger partial charge in [0.1, 0.15) is 0 Å². The number of halogens is 4. The number of ether oxygens (including phenoxy) is 1. The highest BCUT2D eigenvalue weighted by Gasteiger charge is 2.30. The summed E-state index contributed by atoms with van der Waals surface area (Å²) in [5.74, 6) is -0.895. The van der Waals surface area contributed by atoms with Crippen LogP contribution in [0.3, 0.4) is 0 Å². The molecule has 130 valence electrons. The van der Waals surface area contributed by atoms with Crippen molar-refractivity contribution in [3.05, 3.63) is 47.0 Å². The van der Waals surface area contributed by atoms with Crippen molar-refractivity contribution in [1.82, 2.24) is 19.6 Å². The van der Waals surface area contributed by atoms with Gasteiger partial charge in [0.15, 0.2) is 5.65 Å². The number of carbonyl (C=O) groups excluding carboxylic acids is 1. The molecule has 2 heterocycles. The molecule has 0 bridgehead atoms. The number of fused-ring (bicyclic) bond motifs is 1. The van der Waals surface area contributed by atoms with Crippen molar-refractivity contribution in [2.24, 2.45) is 0 Å². The van der Waals surface area contributed by atoms with Crippen LogP contribution in [-0.4, -0.2) is 32.2 Å². The number of rotatable bonds is 3. The zero-order chi connectivity index (χ0) is 18.2. The number of esters is 1. The maximum Gasteiger partial charge on any atom is 0.416 e. The molecule has 0 spiro atoms. The molecule has 0 fully saturated rings. The van der Waals surface area contributed by atoms with Gasteiger partial charge >= 0.3 is 12.1 Å². The molecule has 0 aliphatic heterocycles. The first-order chi connectivity index (χ1) is 11.8. The Morgan fingerprint density at radius 1 is 1.24 bits per heavy atom. The third kappa shape index (κ3) is 3.41. The first-order valence-corrected chi connectivity index (χ1v) is 7.45. The minimum Gasteiger partial charge on any atom is -0.460 e. The number of carbonyl (C=O) groups is 1. The molecular weight excluding hydrogens is 361 g/mol. The monoisotopic (exact) mass is 370 g/mol.